The Kier molecular flexibility index (Phi) is 4.52. The van der Waals surface area contributed by atoms with Crippen molar-refractivity contribution in [2.24, 2.45) is 5.10 Å². The van der Waals surface area contributed by atoms with Crippen LogP contribution in [0.4, 0.5) is 9.59 Å². The fraction of sp³-hybridized carbons (Fsp3) is 0.727. The number of carbonyl (C=O) groups excluding carboxylic acids is 1. The van der Waals surface area contributed by atoms with Crippen LogP contribution >= 0.6 is 0 Å². The summed E-state index contributed by atoms with van der Waals surface area (Å²) < 4.78 is 5.02. The molecule has 0 aromatic heterocycles. The smallest absolute Gasteiger partial charge is 0.428 e. The summed E-state index contributed by atoms with van der Waals surface area (Å²) in [7, 11) is 0. The third kappa shape index (κ3) is 5.03. The SMILES string of the molecule is CC(C)(C)OC(=O)N/N=C1\CCCN(C(=O)O)C1. The lowest BCUT2D eigenvalue weighted by molar-refractivity contribution is 0.0529. The van der Waals surface area contributed by atoms with Gasteiger partial charge in [-0.15, -0.1) is 0 Å². The average molecular weight is 257 g/mol. The molecule has 0 radical (unpaired) electrons. The number of nitrogens with zero attached hydrogens (tertiary/aromatic N) is 2. The van der Waals surface area contributed by atoms with Gasteiger partial charge in [0, 0.05) is 6.54 Å². The quantitative estimate of drug-likeness (QED) is 0.698. The molecule has 0 aromatic rings. The molecule has 0 unspecified atom stereocenters. The molecule has 7 nitrogen and oxygen atoms in total. The molecular weight excluding hydrogens is 238 g/mol. The summed E-state index contributed by atoms with van der Waals surface area (Å²) in [5, 5.41) is 12.7. The Labute approximate surface area is 106 Å². The van der Waals surface area contributed by atoms with Crippen molar-refractivity contribution in [3.05, 3.63) is 0 Å². The molecule has 0 atom stereocenters. The first-order chi connectivity index (χ1) is 8.28. The summed E-state index contributed by atoms with van der Waals surface area (Å²) in [6.07, 6.45) is -0.220. The summed E-state index contributed by atoms with van der Waals surface area (Å²) in [5.74, 6) is 0. The van der Waals surface area contributed by atoms with Crippen LogP contribution < -0.4 is 5.43 Å². The van der Waals surface area contributed by atoms with Crippen LogP contribution in [0.1, 0.15) is 33.6 Å². The minimum atomic E-state index is -0.973. The molecule has 1 heterocycles. The lowest BCUT2D eigenvalue weighted by atomic mass is 10.1. The summed E-state index contributed by atoms with van der Waals surface area (Å²) in [4.78, 5) is 23.4. The summed E-state index contributed by atoms with van der Waals surface area (Å²) in [6.45, 7) is 6.00. The lowest BCUT2D eigenvalue weighted by Gasteiger charge is -2.25. The first kappa shape index (κ1) is 14.3. The van der Waals surface area contributed by atoms with Crippen molar-refractivity contribution in [2.75, 3.05) is 13.1 Å². The molecule has 0 aliphatic carbocycles. The van der Waals surface area contributed by atoms with E-state index in [0.29, 0.717) is 25.1 Å². The summed E-state index contributed by atoms with van der Waals surface area (Å²) in [6, 6.07) is 0. The molecule has 0 spiro atoms. The molecule has 2 N–H and O–H groups in total. The molecule has 1 saturated heterocycles. The number of amides is 2. The van der Waals surface area contributed by atoms with Gasteiger partial charge in [-0.2, -0.15) is 5.10 Å². The number of carbonyl (C=O) groups is 2. The molecule has 1 rings (SSSR count). The number of carboxylic acid groups (broad SMARTS) is 1. The summed E-state index contributed by atoms with van der Waals surface area (Å²) in [5.41, 5.74) is 2.33. The number of hydrogen-bond acceptors (Lipinski definition) is 4. The van der Waals surface area contributed by atoms with E-state index < -0.39 is 17.8 Å². The van der Waals surface area contributed by atoms with Gasteiger partial charge in [0.1, 0.15) is 5.60 Å². The van der Waals surface area contributed by atoms with Crippen LogP contribution in [0.25, 0.3) is 0 Å². The zero-order chi connectivity index (χ0) is 13.8. The molecule has 2 amide bonds. The zero-order valence-electron chi connectivity index (χ0n) is 10.9. The standard InChI is InChI=1S/C11H19N3O4/c1-11(2,3)18-9(15)13-12-8-5-4-6-14(7-8)10(16)17/h4-7H2,1-3H3,(H,13,15)(H,16,17)/b12-8+. The summed E-state index contributed by atoms with van der Waals surface area (Å²) >= 11 is 0. The van der Waals surface area contributed by atoms with E-state index >= 15 is 0 Å². The fourth-order valence-corrected chi connectivity index (χ4v) is 1.53. The molecular formula is C11H19N3O4. The largest absolute Gasteiger partial charge is 0.465 e. The number of ether oxygens (including phenoxy) is 1. The van der Waals surface area contributed by atoms with Gasteiger partial charge in [-0.3, -0.25) is 0 Å². The Balaban J connectivity index is 2.47. The van der Waals surface area contributed by atoms with Crippen LogP contribution in [0.15, 0.2) is 5.10 Å². The van der Waals surface area contributed by atoms with Crippen molar-refractivity contribution in [2.45, 2.75) is 39.2 Å². The van der Waals surface area contributed by atoms with Gasteiger partial charge in [0.2, 0.25) is 0 Å². The van der Waals surface area contributed by atoms with Crippen molar-refractivity contribution in [1.82, 2.24) is 10.3 Å². The Morgan fingerprint density at radius 3 is 2.67 bits per heavy atom. The van der Waals surface area contributed by atoms with Gasteiger partial charge < -0.3 is 14.7 Å². The second kappa shape index (κ2) is 5.70. The van der Waals surface area contributed by atoms with Gasteiger partial charge in [0.15, 0.2) is 0 Å². The van der Waals surface area contributed by atoms with Crippen LogP contribution in [-0.4, -0.2) is 46.6 Å². The predicted molar refractivity (Wildman–Crippen MR) is 65.6 cm³/mol. The van der Waals surface area contributed by atoms with Crippen molar-refractivity contribution in [3.8, 4) is 0 Å². The van der Waals surface area contributed by atoms with E-state index in [9.17, 15) is 9.59 Å². The molecule has 18 heavy (non-hydrogen) atoms. The Bertz CT molecular complexity index is 360. The Hall–Kier alpha value is -1.79. The molecule has 1 fully saturated rings. The van der Waals surface area contributed by atoms with Crippen LogP contribution in [0.3, 0.4) is 0 Å². The van der Waals surface area contributed by atoms with E-state index in [4.69, 9.17) is 9.84 Å². The second-order valence-electron chi connectivity index (χ2n) is 5.10. The highest BCUT2D eigenvalue weighted by molar-refractivity contribution is 5.90. The maximum absolute atomic E-state index is 11.3. The number of hydrazone groups is 1. The van der Waals surface area contributed by atoms with Gasteiger partial charge >= 0.3 is 12.2 Å². The van der Waals surface area contributed by atoms with Crippen molar-refractivity contribution < 1.29 is 19.4 Å². The molecule has 102 valence electrons. The van der Waals surface area contributed by atoms with Crippen LogP contribution in [0, 0.1) is 0 Å². The Morgan fingerprint density at radius 2 is 2.11 bits per heavy atom. The van der Waals surface area contributed by atoms with Crippen molar-refractivity contribution in [1.29, 1.82) is 0 Å². The average Bonchev–Trinajstić information content (AvgIpc) is 2.24. The first-order valence-corrected chi connectivity index (χ1v) is 5.80. The van der Waals surface area contributed by atoms with E-state index in [1.807, 2.05) is 0 Å². The molecule has 0 saturated carbocycles. The van der Waals surface area contributed by atoms with E-state index in [2.05, 4.69) is 10.5 Å². The van der Waals surface area contributed by atoms with Crippen molar-refractivity contribution in [3.63, 3.8) is 0 Å². The maximum atomic E-state index is 11.3. The predicted octanol–water partition coefficient (Wildman–Crippen LogP) is 1.64. The number of piperidine rings is 1. The van der Waals surface area contributed by atoms with Gasteiger partial charge in [-0.25, -0.2) is 15.0 Å². The van der Waals surface area contributed by atoms with Gasteiger partial charge in [0.05, 0.1) is 12.3 Å². The van der Waals surface area contributed by atoms with E-state index in [-0.39, 0.29) is 6.54 Å². The van der Waals surface area contributed by atoms with Crippen molar-refractivity contribution >= 4 is 17.9 Å². The highest BCUT2D eigenvalue weighted by atomic mass is 16.6. The number of hydrogen-bond donors (Lipinski definition) is 2. The second-order valence-corrected chi connectivity index (χ2v) is 5.10. The molecule has 7 heteroatoms. The third-order valence-corrected chi connectivity index (χ3v) is 2.24. The fourth-order valence-electron chi connectivity index (χ4n) is 1.53. The van der Waals surface area contributed by atoms with Gasteiger partial charge in [-0.1, -0.05) is 0 Å². The maximum Gasteiger partial charge on any atom is 0.428 e. The van der Waals surface area contributed by atoms with E-state index in [0.717, 1.165) is 0 Å². The highest BCUT2D eigenvalue weighted by Crippen LogP contribution is 2.08. The first-order valence-electron chi connectivity index (χ1n) is 5.80. The van der Waals surface area contributed by atoms with Crippen LogP contribution in [-0.2, 0) is 4.74 Å². The van der Waals surface area contributed by atoms with Crippen LogP contribution in [0.2, 0.25) is 0 Å². The van der Waals surface area contributed by atoms with Gasteiger partial charge in [-0.05, 0) is 33.6 Å². The number of nitrogens with one attached hydrogen (secondary N) is 1. The lowest BCUT2D eigenvalue weighted by Crippen LogP contribution is -2.40. The molecule has 0 aromatic carbocycles. The van der Waals surface area contributed by atoms with Gasteiger partial charge in [0.25, 0.3) is 0 Å². The Morgan fingerprint density at radius 1 is 1.44 bits per heavy atom. The minimum Gasteiger partial charge on any atom is -0.465 e. The molecule has 0 bridgehead atoms. The molecule has 1 aliphatic heterocycles. The third-order valence-electron chi connectivity index (χ3n) is 2.24. The van der Waals surface area contributed by atoms with Crippen LogP contribution in [0.5, 0.6) is 0 Å². The van der Waals surface area contributed by atoms with E-state index in [1.165, 1.54) is 4.90 Å². The monoisotopic (exact) mass is 257 g/mol. The number of likely N-dealkylation sites (tertiary alicyclic amines) is 1. The highest BCUT2D eigenvalue weighted by Gasteiger charge is 2.20. The minimum absolute atomic E-state index is 0.227. The number of rotatable bonds is 1. The molecule has 1 aliphatic rings. The normalized spacial score (nSPS) is 18.6. The van der Waals surface area contributed by atoms with E-state index in [1.54, 1.807) is 20.8 Å². The topological polar surface area (TPSA) is 91.2 Å². The zero-order valence-corrected chi connectivity index (χ0v) is 10.9.